The number of fused-ring (bicyclic) bond motifs is 2. The molecule has 0 aliphatic carbocycles. The van der Waals surface area contributed by atoms with Gasteiger partial charge in [-0.3, -0.25) is 0 Å². The molecule has 146 valence electrons. The second-order valence-corrected chi connectivity index (χ2v) is 7.76. The number of nitrogens with zero attached hydrogens (tertiary/aromatic N) is 3. The molecule has 4 heteroatoms. The van der Waals surface area contributed by atoms with E-state index in [-0.39, 0.29) is 6.61 Å². The maximum atomic E-state index is 10.1. The maximum absolute atomic E-state index is 10.1. The van der Waals surface area contributed by atoms with Crippen molar-refractivity contribution >= 4 is 16.7 Å². The highest BCUT2D eigenvalue weighted by Crippen LogP contribution is 2.34. The van der Waals surface area contributed by atoms with E-state index in [1.54, 1.807) is 0 Å². The number of rotatable bonds is 4. The minimum Gasteiger partial charge on any atom is -0.392 e. The van der Waals surface area contributed by atoms with Crippen LogP contribution in [-0.4, -0.2) is 21.2 Å². The second-order valence-electron chi connectivity index (χ2n) is 7.76. The van der Waals surface area contributed by atoms with Crippen LogP contribution in [-0.2, 0) is 26.1 Å². The Morgan fingerprint density at radius 2 is 1.72 bits per heavy atom. The largest absolute Gasteiger partial charge is 0.392 e. The van der Waals surface area contributed by atoms with Crippen LogP contribution in [0.3, 0.4) is 0 Å². The third-order valence-electron chi connectivity index (χ3n) is 6.11. The molecule has 4 aromatic rings. The van der Waals surface area contributed by atoms with Gasteiger partial charge in [-0.15, -0.1) is 0 Å². The second kappa shape index (κ2) is 7.37. The van der Waals surface area contributed by atoms with Gasteiger partial charge in [-0.1, -0.05) is 54.6 Å². The first kappa shape index (κ1) is 18.0. The molecular formula is C25H25N3O. The summed E-state index contributed by atoms with van der Waals surface area (Å²) in [5.41, 5.74) is 7.28. The fourth-order valence-corrected chi connectivity index (χ4v) is 4.55. The third kappa shape index (κ3) is 3.10. The summed E-state index contributed by atoms with van der Waals surface area (Å²) in [4.78, 5) is 7.20. The van der Waals surface area contributed by atoms with Crippen LogP contribution in [0.4, 0.5) is 5.82 Å². The summed E-state index contributed by atoms with van der Waals surface area (Å²) < 4.78 is 2.32. The highest BCUT2D eigenvalue weighted by Gasteiger charge is 2.23. The molecule has 0 amide bonds. The van der Waals surface area contributed by atoms with Crippen LogP contribution in [0.25, 0.3) is 10.9 Å². The number of anilines is 1. The predicted octanol–water partition coefficient (Wildman–Crippen LogP) is 4.45. The van der Waals surface area contributed by atoms with E-state index in [4.69, 9.17) is 4.98 Å². The van der Waals surface area contributed by atoms with Crippen LogP contribution in [0.2, 0.25) is 0 Å². The van der Waals surface area contributed by atoms with Crippen molar-refractivity contribution in [3.63, 3.8) is 0 Å². The summed E-state index contributed by atoms with van der Waals surface area (Å²) >= 11 is 0. The summed E-state index contributed by atoms with van der Waals surface area (Å²) in [5, 5.41) is 11.2. The first-order valence-corrected chi connectivity index (χ1v) is 10.2. The molecule has 5 rings (SSSR count). The third-order valence-corrected chi connectivity index (χ3v) is 6.11. The maximum Gasteiger partial charge on any atom is 0.153 e. The first-order chi connectivity index (χ1) is 14.3. The van der Waals surface area contributed by atoms with Gasteiger partial charge in [-0.2, -0.15) is 0 Å². The summed E-state index contributed by atoms with van der Waals surface area (Å²) in [5.74, 6) is 1.01. The quantitative estimate of drug-likeness (QED) is 0.566. The molecule has 3 heterocycles. The minimum absolute atomic E-state index is 0.0381. The van der Waals surface area contributed by atoms with E-state index >= 15 is 0 Å². The van der Waals surface area contributed by atoms with Gasteiger partial charge < -0.3 is 14.6 Å². The number of hydrogen-bond donors (Lipinski definition) is 1. The van der Waals surface area contributed by atoms with Gasteiger partial charge in [0.2, 0.25) is 0 Å². The average Bonchev–Trinajstić information content (AvgIpc) is 3.05. The van der Waals surface area contributed by atoms with Gasteiger partial charge in [-0.05, 0) is 36.1 Å². The van der Waals surface area contributed by atoms with Crippen LogP contribution in [0.1, 0.15) is 27.9 Å². The fraction of sp³-hybridized carbons (Fsp3) is 0.240. The van der Waals surface area contributed by atoms with Gasteiger partial charge in [0.25, 0.3) is 0 Å². The van der Waals surface area contributed by atoms with Crippen molar-refractivity contribution in [2.24, 2.45) is 0 Å². The van der Waals surface area contributed by atoms with Crippen LogP contribution in [0.5, 0.6) is 0 Å². The van der Waals surface area contributed by atoms with Gasteiger partial charge >= 0.3 is 0 Å². The van der Waals surface area contributed by atoms with E-state index in [1.165, 1.54) is 16.7 Å². The number of aromatic nitrogens is 2. The molecule has 4 nitrogen and oxygen atoms in total. The van der Waals surface area contributed by atoms with Crippen LogP contribution in [0, 0.1) is 6.92 Å². The smallest absolute Gasteiger partial charge is 0.153 e. The molecule has 2 aromatic heterocycles. The number of aliphatic hydroxyl groups excluding tert-OH is 1. The van der Waals surface area contributed by atoms with Gasteiger partial charge in [0.05, 0.1) is 12.1 Å². The molecule has 0 saturated heterocycles. The zero-order valence-corrected chi connectivity index (χ0v) is 16.7. The average molecular weight is 383 g/mol. The molecule has 1 aliphatic heterocycles. The Morgan fingerprint density at radius 1 is 0.966 bits per heavy atom. The zero-order valence-electron chi connectivity index (χ0n) is 16.7. The Balaban J connectivity index is 1.65. The molecule has 1 aliphatic rings. The molecule has 29 heavy (non-hydrogen) atoms. The van der Waals surface area contributed by atoms with Crippen LogP contribution < -0.4 is 4.90 Å². The van der Waals surface area contributed by atoms with E-state index < -0.39 is 0 Å². The van der Waals surface area contributed by atoms with Crippen LogP contribution in [0.15, 0.2) is 66.9 Å². The van der Waals surface area contributed by atoms with E-state index in [1.807, 2.05) is 18.3 Å². The standard InChI is InChI=1S/C25H25N3O/c1-18-23(17-29)22-11-13-26-25(24(22)28(18)15-19-7-3-2-4-8-19)27-14-12-20-9-5-6-10-21(20)16-27/h2-11,13,29H,12,14-17H2,1H3. The van der Waals surface area contributed by atoms with E-state index in [0.717, 1.165) is 54.0 Å². The van der Waals surface area contributed by atoms with Crippen LogP contribution >= 0.6 is 0 Å². The monoisotopic (exact) mass is 383 g/mol. The Bertz CT molecular complexity index is 1160. The number of pyridine rings is 1. The predicted molar refractivity (Wildman–Crippen MR) is 117 cm³/mol. The summed E-state index contributed by atoms with van der Waals surface area (Å²) in [7, 11) is 0. The number of hydrogen-bond acceptors (Lipinski definition) is 3. The molecule has 0 saturated carbocycles. The van der Waals surface area contributed by atoms with Crippen molar-refractivity contribution in [1.82, 2.24) is 9.55 Å². The topological polar surface area (TPSA) is 41.3 Å². The zero-order chi connectivity index (χ0) is 19.8. The summed E-state index contributed by atoms with van der Waals surface area (Å²) in [6.45, 7) is 4.73. The molecular weight excluding hydrogens is 358 g/mol. The van der Waals surface area contributed by atoms with Crippen molar-refractivity contribution in [2.75, 3.05) is 11.4 Å². The Morgan fingerprint density at radius 3 is 2.52 bits per heavy atom. The highest BCUT2D eigenvalue weighted by molar-refractivity contribution is 5.93. The lowest BCUT2D eigenvalue weighted by atomic mass is 10.00. The molecule has 0 unspecified atom stereocenters. The lowest BCUT2D eigenvalue weighted by Gasteiger charge is -2.30. The van der Waals surface area contributed by atoms with Crippen molar-refractivity contribution in [3.05, 3.63) is 94.8 Å². The van der Waals surface area contributed by atoms with Gasteiger partial charge in [0, 0.05) is 42.5 Å². The first-order valence-electron chi connectivity index (χ1n) is 10.2. The summed E-state index contributed by atoms with van der Waals surface area (Å²) in [6.07, 6.45) is 2.91. The van der Waals surface area contributed by atoms with Gasteiger partial charge in [-0.25, -0.2) is 4.98 Å². The van der Waals surface area contributed by atoms with E-state index in [0.29, 0.717) is 0 Å². The molecule has 0 bridgehead atoms. The Kier molecular flexibility index (Phi) is 4.57. The van der Waals surface area contributed by atoms with E-state index in [9.17, 15) is 5.11 Å². The Hall–Kier alpha value is -3.11. The van der Waals surface area contributed by atoms with Crippen molar-refractivity contribution in [2.45, 2.75) is 33.0 Å². The molecule has 2 aromatic carbocycles. The molecule has 0 spiro atoms. The highest BCUT2D eigenvalue weighted by atomic mass is 16.3. The van der Waals surface area contributed by atoms with Gasteiger partial charge in [0.15, 0.2) is 5.82 Å². The van der Waals surface area contributed by atoms with Gasteiger partial charge in [0.1, 0.15) is 0 Å². The number of aliphatic hydroxyl groups is 1. The number of benzene rings is 2. The van der Waals surface area contributed by atoms with Crippen molar-refractivity contribution < 1.29 is 5.11 Å². The van der Waals surface area contributed by atoms with Crippen molar-refractivity contribution in [1.29, 1.82) is 0 Å². The summed E-state index contributed by atoms with van der Waals surface area (Å²) in [6, 6.07) is 21.2. The van der Waals surface area contributed by atoms with Crippen molar-refractivity contribution in [3.8, 4) is 0 Å². The normalized spacial score (nSPS) is 13.7. The molecule has 0 radical (unpaired) electrons. The Labute approximate surface area is 171 Å². The minimum atomic E-state index is 0.0381. The fourth-order valence-electron chi connectivity index (χ4n) is 4.55. The molecule has 0 atom stereocenters. The van der Waals surface area contributed by atoms with E-state index in [2.05, 4.69) is 64.9 Å². The molecule has 1 N–H and O–H groups in total. The lowest BCUT2D eigenvalue weighted by Crippen LogP contribution is -2.31. The SMILES string of the molecule is Cc1c(CO)c2ccnc(N3CCc4ccccc4C3)c2n1Cc1ccccc1. The molecule has 0 fully saturated rings. The lowest BCUT2D eigenvalue weighted by molar-refractivity contribution is 0.282.